The number of aromatic nitrogens is 4. The van der Waals surface area contributed by atoms with Crippen LogP contribution in [0, 0.1) is 20.8 Å². The highest BCUT2D eigenvalue weighted by Crippen LogP contribution is 2.27. The molecular weight excluding hydrogens is 482 g/mol. The van der Waals surface area contributed by atoms with Crippen LogP contribution in [0.3, 0.4) is 0 Å². The Morgan fingerprint density at radius 3 is 2.58 bits per heavy atom. The highest BCUT2D eigenvalue weighted by atomic mass is 16.6. The molecule has 1 saturated heterocycles. The maximum absolute atomic E-state index is 13.4. The van der Waals surface area contributed by atoms with E-state index in [1.165, 1.54) is 24.7 Å². The molecular formula is C28H33N7O3. The molecule has 1 amide bonds. The topological polar surface area (TPSA) is 117 Å². The maximum Gasteiger partial charge on any atom is 0.292 e. The van der Waals surface area contributed by atoms with Gasteiger partial charge in [-0.1, -0.05) is 18.2 Å². The van der Waals surface area contributed by atoms with Gasteiger partial charge < -0.3 is 25.4 Å². The van der Waals surface area contributed by atoms with Crippen molar-refractivity contribution < 1.29 is 9.63 Å². The van der Waals surface area contributed by atoms with Crippen LogP contribution in [0.15, 0.2) is 41.3 Å². The van der Waals surface area contributed by atoms with Gasteiger partial charge in [0.15, 0.2) is 5.65 Å². The van der Waals surface area contributed by atoms with Gasteiger partial charge in [-0.2, -0.15) is 4.98 Å². The van der Waals surface area contributed by atoms with E-state index in [9.17, 15) is 9.59 Å². The molecule has 3 N–H and O–H groups in total. The maximum atomic E-state index is 13.4. The third-order valence-corrected chi connectivity index (χ3v) is 7.05. The van der Waals surface area contributed by atoms with Crippen molar-refractivity contribution >= 4 is 28.6 Å². The molecule has 0 bridgehead atoms. The molecule has 1 aliphatic heterocycles. The Morgan fingerprint density at radius 1 is 1.13 bits per heavy atom. The lowest BCUT2D eigenvalue weighted by molar-refractivity contribution is 0.0945. The second-order valence-corrected chi connectivity index (χ2v) is 9.73. The van der Waals surface area contributed by atoms with E-state index >= 15 is 0 Å². The van der Waals surface area contributed by atoms with E-state index in [1.807, 2.05) is 39.0 Å². The van der Waals surface area contributed by atoms with Crippen LogP contribution in [0.1, 0.15) is 40.2 Å². The van der Waals surface area contributed by atoms with E-state index in [2.05, 4.69) is 30.5 Å². The van der Waals surface area contributed by atoms with Crippen molar-refractivity contribution in [2.24, 2.45) is 0 Å². The van der Waals surface area contributed by atoms with Gasteiger partial charge in [0.05, 0.1) is 11.3 Å². The number of fused-ring (bicyclic) bond motifs is 1. The zero-order valence-electron chi connectivity index (χ0n) is 22.2. The average Bonchev–Trinajstić information content (AvgIpc) is 3.54. The molecule has 0 aliphatic carbocycles. The van der Waals surface area contributed by atoms with Crippen LogP contribution in [0.25, 0.3) is 22.2 Å². The summed E-state index contributed by atoms with van der Waals surface area (Å²) < 4.78 is 1.19. The summed E-state index contributed by atoms with van der Waals surface area (Å²) in [5, 5.41) is 6.81. The number of aromatic amines is 1. The lowest BCUT2D eigenvalue weighted by Gasteiger charge is -2.14. The molecule has 0 unspecified atom stereocenters. The Morgan fingerprint density at radius 2 is 1.87 bits per heavy atom. The van der Waals surface area contributed by atoms with E-state index in [-0.39, 0.29) is 17.4 Å². The van der Waals surface area contributed by atoms with Crippen LogP contribution < -0.4 is 21.0 Å². The van der Waals surface area contributed by atoms with Crippen LogP contribution in [-0.2, 0) is 0 Å². The summed E-state index contributed by atoms with van der Waals surface area (Å²) in [6.07, 6.45) is 4.11. The fraction of sp³-hybridized carbons (Fsp3) is 0.357. The number of hydrogen-bond acceptors (Lipinski definition) is 7. The number of rotatable bonds is 8. The number of carbonyl (C=O) groups excluding carboxylic acids is 1. The molecule has 0 saturated carbocycles. The summed E-state index contributed by atoms with van der Waals surface area (Å²) in [6.45, 7) is 9.48. The zero-order chi connectivity index (χ0) is 26.8. The Balaban J connectivity index is 1.39. The van der Waals surface area contributed by atoms with Crippen molar-refractivity contribution in [3.63, 3.8) is 0 Å². The molecule has 1 fully saturated rings. The van der Waals surface area contributed by atoms with E-state index in [0.717, 1.165) is 42.0 Å². The number of likely N-dealkylation sites (tertiary alicyclic amines) is 1. The van der Waals surface area contributed by atoms with Crippen molar-refractivity contribution in [2.45, 2.75) is 33.6 Å². The van der Waals surface area contributed by atoms with E-state index in [4.69, 9.17) is 4.84 Å². The lowest BCUT2D eigenvalue weighted by atomic mass is 9.96. The van der Waals surface area contributed by atoms with Gasteiger partial charge in [0, 0.05) is 30.4 Å². The Hall–Kier alpha value is -4.18. The largest absolute Gasteiger partial charge is 0.412 e. The van der Waals surface area contributed by atoms with Crippen LogP contribution in [-0.4, -0.2) is 63.8 Å². The van der Waals surface area contributed by atoms with Gasteiger partial charge in [-0.25, -0.2) is 4.98 Å². The minimum atomic E-state index is -0.298. The molecule has 198 valence electrons. The second kappa shape index (κ2) is 10.7. The SMILES string of the molecule is COn1c(=O)c(-c2c(C)cccc2C)cc2cnc(Nc3cc(C(=O)NCCN4CCCC4)[nH]c3C)nc21. The average molecular weight is 516 g/mol. The number of benzene rings is 1. The van der Waals surface area contributed by atoms with Gasteiger partial charge in [-0.05, 0) is 75.5 Å². The minimum absolute atomic E-state index is 0.160. The lowest BCUT2D eigenvalue weighted by Crippen LogP contribution is -2.33. The predicted molar refractivity (Wildman–Crippen MR) is 148 cm³/mol. The third kappa shape index (κ3) is 4.99. The first-order chi connectivity index (χ1) is 18.4. The summed E-state index contributed by atoms with van der Waals surface area (Å²) >= 11 is 0. The highest BCUT2D eigenvalue weighted by molar-refractivity contribution is 5.94. The highest BCUT2D eigenvalue weighted by Gasteiger charge is 2.18. The molecule has 1 aromatic carbocycles. The van der Waals surface area contributed by atoms with Crippen molar-refractivity contribution in [3.05, 3.63) is 69.4 Å². The van der Waals surface area contributed by atoms with Gasteiger partial charge in [0.25, 0.3) is 11.5 Å². The molecule has 4 aromatic rings. The number of H-pyrrole nitrogens is 1. The molecule has 3 aromatic heterocycles. The summed E-state index contributed by atoms with van der Waals surface area (Å²) in [4.78, 5) is 46.0. The number of amides is 1. The normalized spacial score (nSPS) is 13.7. The van der Waals surface area contributed by atoms with Crippen molar-refractivity contribution in [1.82, 2.24) is 29.9 Å². The molecule has 10 heteroatoms. The number of hydrogen-bond donors (Lipinski definition) is 3. The number of anilines is 2. The molecule has 0 spiro atoms. The van der Waals surface area contributed by atoms with Crippen LogP contribution >= 0.6 is 0 Å². The quantitative estimate of drug-likeness (QED) is 0.329. The molecule has 0 radical (unpaired) electrons. The summed E-state index contributed by atoms with van der Waals surface area (Å²) in [6, 6.07) is 9.47. The van der Waals surface area contributed by atoms with Gasteiger partial charge in [-0.3, -0.25) is 9.59 Å². The van der Waals surface area contributed by atoms with Gasteiger partial charge >= 0.3 is 0 Å². The number of nitrogens with zero attached hydrogens (tertiary/aromatic N) is 4. The number of nitrogens with one attached hydrogen (secondary N) is 3. The fourth-order valence-corrected chi connectivity index (χ4v) is 5.08. The number of aryl methyl sites for hydroxylation is 3. The summed E-state index contributed by atoms with van der Waals surface area (Å²) in [7, 11) is 1.44. The Bertz CT molecular complexity index is 1530. The number of carbonyl (C=O) groups is 1. The van der Waals surface area contributed by atoms with Gasteiger partial charge in [0.2, 0.25) is 5.95 Å². The summed E-state index contributed by atoms with van der Waals surface area (Å²) in [5.41, 5.74) is 5.36. The van der Waals surface area contributed by atoms with Crippen molar-refractivity contribution in [1.29, 1.82) is 0 Å². The van der Waals surface area contributed by atoms with Crippen LogP contribution in [0.4, 0.5) is 11.6 Å². The Labute approximate surface area is 221 Å². The molecule has 4 heterocycles. The smallest absolute Gasteiger partial charge is 0.292 e. The van der Waals surface area contributed by atoms with E-state index < -0.39 is 0 Å². The van der Waals surface area contributed by atoms with Crippen molar-refractivity contribution in [2.75, 3.05) is 38.6 Å². The zero-order valence-corrected chi connectivity index (χ0v) is 22.2. The summed E-state index contributed by atoms with van der Waals surface area (Å²) in [5.74, 6) is 0.123. The molecule has 10 nitrogen and oxygen atoms in total. The first-order valence-electron chi connectivity index (χ1n) is 12.9. The van der Waals surface area contributed by atoms with Gasteiger partial charge in [-0.15, -0.1) is 4.73 Å². The van der Waals surface area contributed by atoms with Gasteiger partial charge in [0.1, 0.15) is 12.8 Å². The number of pyridine rings is 1. The first-order valence-corrected chi connectivity index (χ1v) is 12.9. The fourth-order valence-electron chi connectivity index (χ4n) is 5.08. The second-order valence-electron chi connectivity index (χ2n) is 9.73. The standard InChI is InChI=1S/C28H33N7O3/c1-17-8-7-9-18(2)24(17)21-14-20-16-30-28(33-25(20)35(38-4)27(21)37)32-22-15-23(31-19(22)3)26(36)29-10-13-34-11-5-6-12-34/h7-9,14-16,31H,5-6,10-13H2,1-4H3,(H,29,36)(H,30,32,33). The van der Waals surface area contributed by atoms with Crippen LogP contribution in [0.5, 0.6) is 0 Å². The van der Waals surface area contributed by atoms with Crippen molar-refractivity contribution in [3.8, 4) is 11.1 Å². The minimum Gasteiger partial charge on any atom is -0.412 e. The molecule has 0 atom stereocenters. The molecule has 5 rings (SSSR count). The molecule has 38 heavy (non-hydrogen) atoms. The van der Waals surface area contributed by atoms with E-state index in [0.29, 0.717) is 34.5 Å². The molecule has 1 aliphatic rings. The van der Waals surface area contributed by atoms with E-state index in [1.54, 1.807) is 18.3 Å². The predicted octanol–water partition coefficient (Wildman–Crippen LogP) is 3.34. The monoisotopic (exact) mass is 515 g/mol. The Kier molecular flexibility index (Phi) is 7.15. The first kappa shape index (κ1) is 25.5. The van der Waals surface area contributed by atoms with Crippen LogP contribution in [0.2, 0.25) is 0 Å². The third-order valence-electron chi connectivity index (χ3n) is 7.05.